The van der Waals surface area contributed by atoms with Gasteiger partial charge in [-0.2, -0.15) is 0 Å². The zero-order chi connectivity index (χ0) is 29.0. The van der Waals surface area contributed by atoms with E-state index in [0.29, 0.717) is 5.56 Å². The van der Waals surface area contributed by atoms with Gasteiger partial charge in [0.2, 0.25) is 0 Å². The average molecular weight is 586 g/mol. The standard InChI is InChI=1S/C29H31NO8S2/c1-3-37-27(31)24-25(39(33,34)22-16-10-6-11-17-22)26(40(35,36)23-18-12-7-13-19-23)29(30-24,28(32)38-4-2)20-21-14-8-5-9-15-21/h5-19,24-26,30H,3-4,20H2,1-2H3/t24-,25+,26-,29+/m1/s1. The van der Waals surface area contributed by atoms with Crippen molar-refractivity contribution in [3.8, 4) is 0 Å². The average Bonchev–Trinajstić information content (AvgIpc) is 3.33. The van der Waals surface area contributed by atoms with Gasteiger partial charge in [0, 0.05) is 6.42 Å². The summed E-state index contributed by atoms with van der Waals surface area (Å²) in [6.07, 6.45) is -0.264. The first-order chi connectivity index (χ1) is 19.1. The van der Waals surface area contributed by atoms with Gasteiger partial charge >= 0.3 is 11.9 Å². The normalized spacial score (nSPS) is 22.9. The molecule has 0 bridgehead atoms. The smallest absolute Gasteiger partial charge is 0.328 e. The Balaban J connectivity index is 2.07. The molecular weight excluding hydrogens is 554 g/mol. The molecule has 0 radical (unpaired) electrons. The van der Waals surface area contributed by atoms with Crippen molar-refractivity contribution in [3.63, 3.8) is 0 Å². The van der Waals surface area contributed by atoms with Gasteiger partial charge in [-0.25, -0.2) is 21.6 Å². The number of hydrogen-bond acceptors (Lipinski definition) is 9. The zero-order valence-electron chi connectivity index (χ0n) is 22.1. The molecule has 0 spiro atoms. The Hall–Kier alpha value is -3.54. The van der Waals surface area contributed by atoms with E-state index in [0.717, 1.165) is 0 Å². The van der Waals surface area contributed by atoms with Gasteiger partial charge in [-0.05, 0) is 43.7 Å². The van der Waals surface area contributed by atoms with Crippen molar-refractivity contribution in [2.24, 2.45) is 0 Å². The van der Waals surface area contributed by atoms with Crippen molar-refractivity contribution < 1.29 is 35.9 Å². The molecule has 0 aliphatic carbocycles. The quantitative estimate of drug-likeness (QED) is 0.357. The fourth-order valence-electron chi connectivity index (χ4n) is 5.21. The largest absolute Gasteiger partial charge is 0.465 e. The van der Waals surface area contributed by atoms with E-state index in [1.54, 1.807) is 56.3 Å². The third-order valence-electron chi connectivity index (χ3n) is 6.87. The molecule has 3 aromatic rings. The van der Waals surface area contributed by atoms with Crippen LogP contribution in [0.15, 0.2) is 101 Å². The first kappa shape index (κ1) is 29.4. The van der Waals surface area contributed by atoms with Crippen LogP contribution in [0.4, 0.5) is 0 Å². The van der Waals surface area contributed by atoms with E-state index < -0.39 is 53.7 Å². The fraction of sp³-hybridized carbons (Fsp3) is 0.310. The highest BCUT2D eigenvalue weighted by Gasteiger charge is 2.69. The van der Waals surface area contributed by atoms with E-state index >= 15 is 0 Å². The van der Waals surface area contributed by atoms with Crippen LogP contribution < -0.4 is 5.32 Å². The van der Waals surface area contributed by atoms with Crippen LogP contribution in [0.1, 0.15) is 19.4 Å². The van der Waals surface area contributed by atoms with Crippen LogP contribution in [0.3, 0.4) is 0 Å². The van der Waals surface area contributed by atoms with Crippen LogP contribution in [0, 0.1) is 0 Å². The third kappa shape index (κ3) is 5.41. The Labute approximate surface area is 234 Å². The maximum absolute atomic E-state index is 14.5. The number of ether oxygens (including phenoxy) is 2. The van der Waals surface area contributed by atoms with Crippen LogP contribution in [-0.2, 0) is 45.2 Å². The van der Waals surface area contributed by atoms with E-state index in [2.05, 4.69) is 5.32 Å². The Morgan fingerprint density at radius 1 is 0.725 bits per heavy atom. The maximum Gasteiger partial charge on any atom is 0.328 e. The molecule has 3 aromatic carbocycles. The molecule has 4 atom stereocenters. The minimum atomic E-state index is -4.60. The van der Waals surface area contributed by atoms with Gasteiger partial charge in [0.15, 0.2) is 19.7 Å². The monoisotopic (exact) mass is 585 g/mol. The summed E-state index contributed by atoms with van der Waals surface area (Å²) in [6.45, 7) is 2.92. The maximum atomic E-state index is 14.5. The van der Waals surface area contributed by atoms with Gasteiger partial charge in [0.05, 0.1) is 23.0 Å². The summed E-state index contributed by atoms with van der Waals surface area (Å²) in [5, 5.41) is -1.01. The second-order valence-electron chi connectivity index (χ2n) is 9.33. The summed E-state index contributed by atoms with van der Waals surface area (Å²) in [5.74, 6) is -1.97. The second kappa shape index (κ2) is 11.9. The number of esters is 2. The van der Waals surface area contributed by atoms with Gasteiger partial charge in [0.1, 0.15) is 22.1 Å². The van der Waals surface area contributed by atoms with Crippen LogP contribution in [-0.4, -0.2) is 64.1 Å². The van der Waals surface area contributed by atoms with Gasteiger partial charge in [-0.1, -0.05) is 66.7 Å². The molecule has 0 aromatic heterocycles. The van der Waals surface area contributed by atoms with Crippen molar-refractivity contribution in [1.82, 2.24) is 5.32 Å². The Morgan fingerprint density at radius 2 is 1.20 bits per heavy atom. The lowest BCUT2D eigenvalue weighted by Gasteiger charge is -2.34. The first-order valence-corrected chi connectivity index (χ1v) is 15.9. The molecule has 40 heavy (non-hydrogen) atoms. The minimum absolute atomic E-state index is 0.0870. The summed E-state index contributed by atoms with van der Waals surface area (Å²) in [7, 11) is -9.16. The summed E-state index contributed by atoms with van der Waals surface area (Å²) >= 11 is 0. The number of carbonyl (C=O) groups excluding carboxylic acids is 2. The zero-order valence-corrected chi connectivity index (χ0v) is 23.7. The second-order valence-corrected chi connectivity index (χ2v) is 13.5. The molecule has 11 heteroatoms. The summed E-state index contributed by atoms with van der Waals surface area (Å²) in [6, 6.07) is 21.4. The van der Waals surface area contributed by atoms with Crippen LogP contribution in [0.5, 0.6) is 0 Å². The lowest BCUT2D eigenvalue weighted by atomic mass is 9.88. The van der Waals surface area contributed by atoms with Crippen LogP contribution in [0.25, 0.3) is 0 Å². The summed E-state index contributed by atoms with van der Waals surface area (Å²) in [4.78, 5) is 26.9. The van der Waals surface area contributed by atoms with Crippen LogP contribution >= 0.6 is 0 Å². The van der Waals surface area contributed by atoms with Crippen molar-refractivity contribution >= 4 is 31.6 Å². The van der Waals surface area contributed by atoms with Crippen molar-refractivity contribution in [1.29, 1.82) is 0 Å². The predicted molar refractivity (Wildman–Crippen MR) is 148 cm³/mol. The molecule has 0 saturated carbocycles. The number of sulfone groups is 2. The van der Waals surface area contributed by atoms with Crippen molar-refractivity contribution in [2.45, 2.75) is 52.1 Å². The lowest BCUT2D eigenvalue weighted by Crippen LogP contribution is -2.61. The van der Waals surface area contributed by atoms with E-state index in [9.17, 15) is 26.4 Å². The molecule has 1 aliphatic rings. The Kier molecular flexibility index (Phi) is 8.77. The summed E-state index contributed by atoms with van der Waals surface area (Å²) < 4.78 is 68.2. The molecule has 0 amide bonds. The number of rotatable bonds is 10. The van der Waals surface area contributed by atoms with Crippen molar-refractivity contribution in [3.05, 3.63) is 96.6 Å². The van der Waals surface area contributed by atoms with Gasteiger partial charge in [-0.15, -0.1) is 0 Å². The molecule has 212 valence electrons. The number of hydrogen-bond donors (Lipinski definition) is 1. The SMILES string of the molecule is CCOC(=O)[C@@H]1N[C@](Cc2ccccc2)(C(=O)OCC)[C@H](S(=O)(=O)c2ccccc2)[C@H]1S(=O)(=O)c1ccccc1. The molecule has 4 rings (SSSR count). The lowest BCUT2D eigenvalue weighted by molar-refractivity contribution is -0.151. The molecule has 1 saturated heterocycles. The van der Waals surface area contributed by atoms with Crippen molar-refractivity contribution in [2.75, 3.05) is 13.2 Å². The van der Waals surface area contributed by atoms with E-state index in [1.165, 1.54) is 48.5 Å². The third-order valence-corrected chi connectivity index (χ3v) is 11.5. The van der Waals surface area contributed by atoms with Crippen LogP contribution in [0.2, 0.25) is 0 Å². The molecule has 1 fully saturated rings. The van der Waals surface area contributed by atoms with E-state index in [1.807, 2.05) is 0 Å². The molecule has 0 unspecified atom stereocenters. The molecule has 1 heterocycles. The van der Waals surface area contributed by atoms with E-state index in [-0.39, 0.29) is 29.4 Å². The topological polar surface area (TPSA) is 133 Å². The molecule has 1 aliphatic heterocycles. The minimum Gasteiger partial charge on any atom is -0.465 e. The molecule has 9 nitrogen and oxygen atoms in total. The van der Waals surface area contributed by atoms with Gasteiger partial charge in [0.25, 0.3) is 0 Å². The van der Waals surface area contributed by atoms with Gasteiger partial charge < -0.3 is 9.47 Å². The van der Waals surface area contributed by atoms with Gasteiger partial charge in [-0.3, -0.25) is 10.1 Å². The Morgan fingerprint density at radius 3 is 1.70 bits per heavy atom. The molecule has 1 N–H and O–H groups in total. The highest BCUT2D eigenvalue weighted by Crippen LogP contribution is 2.42. The summed E-state index contributed by atoms with van der Waals surface area (Å²) in [5.41, 5.74) is -1.62. The number of nitrogens with one attached hydrogen (secondary N) is 1. The highest BCUT2D eigenvalue weighted by molar-refractivity contribution is 7.96. The number of benzene rings is 3. The Bertz CT molecular complexity index is 1550. The highest BCUT2D eigenvalue weighted by atomic mass is 32.2. The predicted octanol–water partition coefficient (Wildman–Crippen LogP) is 2.75. The number of carbonyl (C=O) groups is 2. The fourth-order valence-corrected chi connectivity index (χ4v) is 10.1. The molecular formula is C29H31NO8S2. The first-order valence-electron chi connectivity index (χ1n) is 12.8. The van der Waals surface area contributed by atoms with E-state index in [4.69, 9.17) is 9.47 Å².